The summed E-state index contributed by atoms with van der Waals surface area (Å²) in [5.74, 6) is -6.04. The monoisotopic (exact) mass is 940 g/mol. The molecule has 1 heterocycles. The van der Waals surface area contributed by atoms with Crippen LogP contribution in [0.1, 0.15) is 37.7 Å². The summed E-state index contributed by atoms with van der Waals surface area (Å²) in [4.78, 5) is 119. The van der Waals surface area contributed by atoms with Gasteiger partial charge < -0.3 is 30.6 Å². The molecule has 0 aromatic heterocycles. The molecule has 1 fully saturated rings. The maximum atomic E-state index is 13.5. The molecule has 0 spiro atoms. The number of amides is 2. The normalized spacial score (nSPS) is 16.6. The van der Waals surface area contributed by atoms with Crippen molar-refractivity contribution in [1.29, 1.82) is 0 Å². The number of phenols is 1. The summed E-state index contributed by atoms with van der Waals surface area (Å²) in [6.45, 7) is 0.846. The van der Waals surface area contributed by atoms with Crippen LogP contribution in [-0.4, -0.2) is 196 Å². The van der Waals surface area contributed by atoms with Crippen LogP contribution in [0.3, 0.4) is 0 Å². The number of Topliss-reactive ketones (excluding diaryl/α,β-unsaturated/α-hetero) is 2. The second kappa shape index (κ2) is 25.1. The Kier molecular flexibility index (Phi) is 20.7. The van der Waals surface area contributed by atoms with Crippen molar-refractivity contribution < 1.29 is 63.6 Å². The van der Waals surface area contributed by atoms with Crippen LogP contribution in [0.5, 0.6) is 5.75 Å². The maximum absolute atomic E-state index is 13.5. The van der Waals surface area contributed by atoms with Crippen LogP contribution in [0.4, 0.5) is 0 Å². The van der Waals surface area contributed by atoms with Gasteiger partial charge in [-0.15, -0.1) is 0 Å². The molecule has 1 aromatic carbocycles. The third-order valence-electron chi connectivity index (χ3n) is 9.86. The Morgan fingerprint density at radius 2 is 1.19 bits per heavy atom. The number of nitrogens with one attached hydrogen (secondary N) is 1. The van der Waals surface area contributed by atoms with Crippen LogP contribution in [0.2, 0.25) is 0 Å². The fourth-order valence-corrected chi connectivity index (χ4v) is 7.21. The molecule has 1 aromatic rings. The number of phenolic OH excluding ortho intramolecular Hbond substituents is 1. The summed E-state index contributed by atoms with van der Waals surface area (Å²) in [5.41, 5.74) is 0.596. The fraction of sp³-hybridized carbons (Fsp3) is 0.564. The number of ketones is 4. The third-order valence-corrected chi connectivity index (χ3v) is 10.7. The Labute approximate surface area is 355 Å². The summed E-state index contributed by atoms with van der Waals surface area (Å²) in [7, 11) is 0. The molecule has 0 bridgehead atoms. The number of benzene rings is 1. The van der Waals surface area contributed by atoms with Gasteiger partial charge in [0.05, 0.1) is 48.6 Å². The molecular formula is C39H53IN6O13. The highest BCUT2D eigenvalue weighted by molar-refractivity contribution is 14.1. The first-order chi connectivity index (χ1) is 28.0. The molecular weight excluding hydrogens is 887 g/mol. The van der Waals surface area contributed by atoms with Crippen LogP contribution in [0, 0.1) is 9.49 Å². The van der Waals surface area contributed by atoms with Gasteiger partial charge in [-0.05, 0) is 65.3 Å². The van der Waals surface area contributed by atoms with Crippen molar-refractivity contribution in [3.05, 3.63) is 39.5 Å². The third kappa shape index (κ3) is 18.9. The molecule has 0 radical (unpaired) electrons. The Balaban J connectivity index is 1.62. The highest BCUT2D eigenvalue weighted by atomic mass is 127. The van der Waals surface area contributed by atoms with Gasteiger partial charge in [-0.1, -0.05) is 6.07 Å². The minimum Gasteiger partial charge on any atom is -0.507 e. The van der Waals surface area contributed by atoms with Crippen LogP contribution >= 0.6 is 22.6 Å². The van der Waals surface area contributed by atoms with E-state index >= 15 is 0 Å². The number of aromatic hydroxyl groups is 1. The highest BCUT2D eigenvalue weighted by Crippen LogP contribution is 2.21. The van der Waals surface area contributed by atoms with Gasteiger partial charge in [0.15, 0.2) is 17.3 Å². The van der Waals surface area contributed by atoms with Crippen molar-refractivity contribution >= 4 is 75.4 Å². The summed E-state index contributed by atoms with van der Waals surface area (Å²) < 4.78 is 0.532. The molecule has 0 saturated carbocycles. The van der Waals surface area contributed by atoms with Crippen molar-refractivity contribution in [3.63, 3.8) is 0 Å². The Morgan fingerprint density at radius 3 is 1.66 bits per heavy atom. The summed E-state index contributed by atoms with van der Waals surface area (Å²) in [5, 5.41) is 40.9. The number of carbonyl (C=O) groups is 9. The molecule has 2 aliphatic rings. The predicted octanol–water partition coefficient (Wildman–Crippen LogP) is -0.628. The van der Waals surface area contributed by atoms with Crippen molar-refractivity contribution in [2.24, 2.45) is 5.92 Å². The number of carbonyl (C=O) groups excluding carboxylic acids is 6. The van der Waals surface area contributed by atoms with E-state index in [0.29, 0.717) is 9.13 Å². The number of allylic oxidation sites excluding steroid dienone is 2. The molecule has 20 heteroatoms. The molecule has 1 aliphatic heterocycles. The topological polar surface area (TPSA) is 263 Å². The first-order valence-corrected chi connectivity index (χ1v) is 20.4. The fourth-order valence-electron chi connectivity index (χ4n) is 6.63. The van der Waals surface area contributed by atoms with E-state index in [9.17, 15) is 63.6 Å². The SMILES string of the molecule is O=C(O)CN1CCN(CC(=O)O)CCN(CC(=O)CCCN(CC(=O)CCC(=O)NCCC2C(=O)C=CC2=O)C(=O)Cc2ccc(O)c(I)c2)CCN(CC(=O)O)CC1. The van der Waals surface area contributed by atoms with Gasteiger partial charge in [0.25, 0.3) is 0 Å². The maximum Gasteiger partial charge on any atom is 0.317 e. The quantitative estimate of drug-likeness (QED) is 0.0716. The lowest BCUT2D eigenvalue weighted by molar-refractivity contribution is -0.140. The second-order valence-electron chi connectivity index (χ2n) is 14.6. The molecule has 19 nitrogen and oxygen atoms in total. The molecule has 324 valence electrons. The van der Waals surface area contributed by atoms with E-state index in [1.807, 2.05) is 27.5 Å². The number of carboxylic acid groups (broad SMARTS) is 3. The minimum atomic E-state index is -1.07. The summed E-state index contributed by atoms with van der Waals surface area (Å²) in [6.07, 6.45) is 2.33. The first-order valence-electron chi connectivity index (χ1n) is 19.3. The average molecular weight is 941 g/mol. The Hall–Kier alpha value is -4.64. The van der Waals surface area contributed by atoms with Gasteiger partial charge in [-0.25, -0.2) is 0 Å². The largest absolute Gasteiger partial charge is 0.507 e. The number of rotatable bonds is 22. The van der Waals surface area contributed by atoms with Crippen LogP contribution in [0.15, 0.2) is 30.4 Å². The van der Waals surface area contributed by atoms with Crippen molar-refractivity contribution in [2.75, 3.05) is 98.2 Å². The minimum absolute atomic E-state index is 0.0251. The lowest BCUT2D eigenvalue weighted by Gasteiger charge is -2.32. The van der Waals surface area contributed by atoms with Crippen molar-refractivity contribution in [1.82, 2.24) is 29.8 Å². The number of halogens is 1. The van der Waals surface area contributed by atoms with E-state index in [0.717, 1.165) is 0 Å². The van der Waals surface area contributed by atoms with Crippen LogP contribution < -0.4 is 5.32 Å². The van der Waals surface area contributed by atoms with Crippen LogP contribution in [-0.2, 0) is 49.6 Å². The molecule has 5 N–H and O–H groups in total. The first kappa shape index (κ1) is 48.7. The number of hydrogen-bond donors (Lipinski definition) is 5. The van der Waals surface area contributed by atoms with Gasteiger partial charge in [-0.2, -0.15) is 0 Å². The lowest BCUT2D eigenvalue weighted by atomic mass is 10.0. The molecule has 1 saturated heterocycles. The van der Waals surface area contributed by atoms with Crippen LogP contribution in [0.25, 0.3) is 0 Å². The summed E-state index contributed by atoms with van der Waals surface area (Å²) in [6, 6.07) is 4.69. The van der Waals surface area contributed by atoms with Gasteiger partial charge >= 0.3 is 17.9 Å². The molecule has 0 unspecified atom stereocenters. The van der Waals surface area contributed by atoms with E-state index in [1.165, 1.54) is 23.1 Å². The number of aliphatic carboxylic acids is 3. The van der Waals surface area contributed by atoms with Gasteiger partial charge in [0, 0.05) is 84.7 Å². The van der Waals surface area contributed by atoms with E-state index < -0.39 is 41.4 Å². The zero-order valence-corrected chi connectivity index (χ0v) is 35.0. The van der Waals surface area contributed by atoms with Gasteiger partial charge in [-0.3, -0.25) is 62.8 Å². The highest BCUT2D eigenvalue weighted by Gasteiger charge is 2.28. The molecule has 0 atom stereocenters. The van der Waals surface area contributed by atoms with Crippen molar-refractivity contribution in [2.45, 2.75) is 38.5 Å². The van der Waals surface area contributed by atoms with Gasteiger partial charge in [0.2, 0.25) is 11.8 Å². The molecule has 3 rings (SSSR count). The van der Waals surface area contributed by atoms with E-state index in [-0.39, 0.29) is 160 Å². The van der Waals surface area contributed by atoms with E-state index in [2.05, 4.69) is 5.32 Å². The summed E-state index contributed by atoms with van der Waals surface area (Å²) >= 11 is 1.93. The van der Waals surface area contributed by atoms with Crippen molar-refractivity contribution in [3.8, 4) is 5.75 Å². The molecule has 1 aliphatic carbocycles. The Morgan fingerprint density at radius 1 is 0.695 bits per heavy atom. The van der Waals surface area contributed by atoms with E-state index in [4.69, 9.17) is 0 Å². The predicted molar refractivity (Wildman–Crippen MR) is 219 cm³/mol. The smallest absolute Gasteiger partial charge is 0.317 e. The molecule has 59 heavy (non-hydrogen) atoms. The Bertz CT molecular complexity index is 1690. The zero-order valence-electron chi connectivity index (χ0n) is 32.9. The zero-order chi connectivity index (χ0) is 43.5. The molecule has 2 amide bonds. The standard InChI is InChI=1S/C39H53IN6O13/c40-31-20-27(3-5-34(31)51)21-36(53)46(23-29(48)4-8-35(52)41-10-9-30-32(49)6-7-33(30)50)11-1-2-28(47)22-42-12-14-43(24-37(54)55)16-18-45(26-39(58)59)19-17-44(15-13-42)25-38(56)57/h3,5-7,20,30,51H,1-2,4,8-19,21-26H2,(H,41,52)(H,54,55)(H,56,57)(H,58,59). The second-order valence-corrected chi connectivity index (χ2v) is 15.7. The number of nitrogens with zero attached hydrogens (tertiary/aromatic N) is 5. The van der Waals surface area contributed by atoms with Gasteiger partial charge in [0.1, 0.15) is 11.5 Å². The average Bonchev–Trinajstić information content (AvgIpc) is 3.47. The number of hydrogen-bond acceptors (Lipinski definition) is 14. The number of carboxylic acids is 3. The lowest BCUT2D eigenvalue weighted by Crippen LogP contribution is -2.49. The van der Waals surface area contributed by atoms with E-state index in [1.54, 1.807) is 26.8 Å².